The van der Waals surface area contributed by atoms with Gasteiger partial charge >= 0.3 is 0 Å². The molecule has 3 nitrogen and oxygen atoms in total. The maximum absolute atomic E-state index is 12.9. The van der Waals surface area contributed by atoms with Crippen LogP contribution in [0, 0.1) is 11.7 Å². The zero-order valence-electron chi connectivity index (χ0n) is 11.3. The molecule has 1 rings (SSSR count). The Morgan fingerprint density at radius 2 is 1.79 bits per heavy atom. The molecule has 6 heteroatoms. The molecule has 0 saturated carbocycles. The molecule has 0 heterocycles. The number of alkyl halides is 1. The van der Waals surface area contributed by atoms with Crippen LogP contribution in [0.15, 0.2) is 24.3 Å². The molecular weight excluding hydrogens is 289 g/mol. The zero-order chi connectivity index (χ0) is 14.6. The van der Waals surface area contributed by atoms with Crippen LogP contribution in [0.1, 0.15) is 25.5 Å². The van der Waals surface area contributed by atoms with Crippen molar-refractivity contribution in [2.24, 2.45) is 5.92 Å². The number of sulfonamides is 1. The normalized spacial score (nSPS) is 15.5. The second-order valence-corrected chi connectivity index (χ2v) is 7.16. The Hall–Kier alpha value is -0.650. The van der Waals surface area contributed by atoms with E-state index in [1.807, 2.05) is 0 Å². The Kier molecular flexibility index (Phi) is 5.77. The van der Waals surface area contributed by atoms with Crippen molar-refractivity contribution in [3.05, 3.63) is 35.6 Å². The average molecular weight is 308 g/mol. The first kappa shape index (κ1) is 16.4. The highest BCUT2D eigenvalue weighted by Crippen LogP contribution is 2.23. The molecule has 0 aliphatic heterocycles. The van der Waals surface area contributed by atoms with Crippen LogP contribution >= 0.6 is 11.6 Å². The van der Waals surface area contributed by atoms with Gasteiger partial charge in [-0.3, -0.25) is 0 Å². The number of hydrogen-bond donors (Lipinski definition) is 0. The lowest BCUT2D eigenvalue weighted by molar-refractivity contribution is 0.394. The topological polar surface area (TPSA) is 37.4 Å². The van der Waals surface area contributed by atoms with Crippen LogP contribution in [-0.2, 0) is 10.0 Å². The summed E-state index contributed by atoms with van der Waals surface area (Å²) in [7, 11) is -1.84. The average Bonchev–Trinajstić information content (AvgIpc) is 2.37. The molecule has 0 amide bonds. The summed E-state index contributed by atoms with van der Waals surface area (Å²) in [5, 5.41) is 0. The molecule has 2 unspecified atom stereocenters. The molecule has 0 spiro atoms. The quantitative estimate of drug-likeness (QED) is 0.758. The maximum Gasteiger partial charge on any atom is 0.214 e. The highest BCUT2D eigenvalue weighted by molar-refractivity contribution is 7.89. The lowest BCUT2D eigenvalue weighted by Gasteiger charge is -2.25. The van der Waals surface area contributed by atoms with E-state index in [0.29, 0.717) is 5.88 Å². The molecule has 0 aromatic heterocycles. The molecule has 1 aromatic rings. The second kappa shape index (κ2) is 6.68. The molecule has 2 atom stereocenters. The molecule has 108 valence electrons. The maximum atomic E-state index is 12.9. The Morgan fingerprint density at radius 1 is 1.26 bits per heavy atom. The van der Waals surface area contributed by atoms with Gasteiger partial charge in [-0.05, 0) is 30.5 Å². The summed E-state index contributed by atoms with van der Waals surface area (Å²) in [5.41, 5.74) is 0.756. The van der Waals surface area contributed by atoms with Crippen molar-refractivity contribution in [1.29, 1.82) is 0 Å². The van der Waals surface area contributed by atoms with Gasteiger partial charge in [0.25, 0.3) is 0 Å². The van der Waals surface area contributed by atoms with E-state index in [4.69, 9.17) is 11.6 Å². The van der Waals surface area contributed by atoms with Gasteiger partial charge in [-0.1, -0.05) is 19.1 Å². The van der Waals surface area contributed by atoms with Crippen molar-refractivity contribution in [3.8, 4) is 0 Å². The number of rotatable bonds is 6. The largest absolute Gasteiger partial charge is 0.214 e. The van der Waals surface area contributed by atoms with Gasteiger partial charge in [0.05, 0.1) is 5.75 Å². The first-order valence-electron chi connectivity index (χ1n) is 6.05. The Labute approximate surface area is 119 Å². The Balaban J connectivity index is 2.87. The van der Waals surface area contributed by atoms with Crippen LogP contribution in [0.4, 0.5) is 4.39 Å². The van der Waals surface area contributed by atoms with Gasteiger partial charge < -0.3 is 0 Å². The summed E-state index contributed by atoms with van der Waals surface area (Å²) < 4.78 is 38.5. The summed E-state index contributed by atoms with van der Waals surface area (Å²) in [4.78, 5) is 0. The number of halogens is 2. The van der Waals surface area contributed by atoms with E-state index < -0.39 is 10.0 Å². The Bertz CT molecular complexity index is 504. The fraction of sp³-hybridized carbons (Fsp3) is 0.538. The summed E-state index contributed by atoms with van der Waals surface area (Å²) in [6.45, 7) is 3.57. The van der Waals surface area contributed by atoms with E-state index in [2.05, 4.69) is 0 Å². The molecule has 0 saturated heterocycles. The summed E-state index contributed by atoms with van der Waals surface area (Å²) >= 11 is 5.65. The Morgan fingerprint density at radius 3 is 2.26 bits per heavy atom. The fourth-order valence-corrected chi connectivity index (χ4v) is 3.63. The molecule has 19 heavy (non-hydrogen) atoms. The number of benzene rings is 1. The van der Waals surface area contributed by atoms with Crippen molar-refractivity contribution in [3.63, 3.8) is 0 Å². The summed E-state index contributed by atoms with van der Waals surface area (Å²) in [6.07, 6.45) is 0. The molecule has 0 radical (unpaired) electrons. The van der Waals surface area contributed by atoms with E-state index >= 15 is 0 Å². The van der Waals surface area contributed by atoms with E-state index in [1.54, 1.807) is 26.0 Å². The van der Waals surface area contributed by atoms with Crippen LogP contribution in [0.2, 0.25) is 0 Å². The third-order valence-corrected chi connectivity index (χ3v) is 5.81. The SMILES string of the molecule is CC(CCl)CS(=O)(=O)N(C)C(C)c1ccc(F)cc1. The minimum atomic E-state index is -3.37. The summed E-state index contributed by atoms with van der Waals surface area (Å²) in [6, 6.07) is 5.50. The smallest absolute Gasteiger partial charge is 0.212 e. The van der Waals surface area contributed by atoms with Crippen LogP contribution in [0.3, 0.4) is 0 Å². The van der Waals surface area contributed by atoms with E-state index in [1.165, 1.54) is 23.5 Å². The highest BCUT2D eigenvalue weighted by Gasteiger charge is 2.25. The van der Waals surface area contributed by atoms with Gasteiger partial charge in [0, 0.05) is 19.0 Å². The van der Waals surface area contributed by atoms with Crippen molar-refractivity contribution < 1.29 is 12.8 Å². The molecule has 0 fully saturated rings. The minimum absolute atomic E-state index is 0.0124. The van der Waals surface area contributed by atoms with Crippen LogP contribution < -0.4 is 0 Å². The standard InChI is InChI=1S/C13H19ClFNO2S/c1-10(8-14)9-19(17,18)16(3)11(2)12-4-6-13(15)7-5-12/h4-7,10-11H,8-9H2,1-3H3. The highest BCUT2D eigenvalue weighted by atomic mass is 35.5. The van der Waals surface area contributed by atoms with Gasteiger partial charge in [0.1, 0.15) is 5.82 Å². The molecular formula is C13H19ClFNO2S. The lowest BCUT2D eigenvalue weighted by Crippen LogP contribution is -2.34. The number of nitrogens with zero attached hydrogens (tertiary/aromatic N) is 1. The third kappa shape index (κ3) is 4.44. The molecule has 0 bridgehead atoms. The van der Waals surface area contributed by atoms with Crippen LogP contribution in [0.25, 0.3) is 0 Å². The van der Waals surface area contributed by atoms with Crippen molar-refractivity contribution >= 4 is 21.6 Å². The first-order chi connectivity index (χ1) is 8.77. The zero-order valence-corrected chi connectivity index (χ0v) is 12.9. The van der Waals surface area contributed by atoms with Crippen molar-refractivity contribution in [1.82, 2.24) is 4.31 Å². The van der Waals surface area contributed by atoms with Gasteiger partial charge in [-0.2, -0.15) is 4.31 Å². The van der Waals surface area contributed by atoms with Crippen molar-refractivity contribution in [2.45, 2.75) is 19.9 Å². The van der Waals surface area contributed by atoms with E-state index in [-0.39, 0.29) is 23.5 Å². The second-order valence-electron chi connectivity index (χ2n) is 4.78. The van der Waals surface area contributed by atoms with Gasteiger partial charge in [0.2, 0.25) is 10.0 Å². The third-order valence-electron chi connectivity index (χ3n) is 3.10. The molecule has 0 aliphatic rings. The first-order valence-corrected chi connectivity index (χ1v) is 8.19. The van der Waals surface area contributed by atoms with E-state index in [0.717, 1.165) is 5.56 Å². The van der Waals surface area contributed by atoms with Crippen LogP contribution in [0.5, 0.6) is 0 Å². The van der Waals surface area contributed by atoms with Gasteiger partial charge in [-0.25, -0.2) is 12.8 Å². The molecule has 0 aliphatic carbocycles. The number of hydrogen-bond acceptors (Lipinski definition) is 2. The molecule has 0 N–H and O–H groups in total. The monoisotopic (exact) mass is 307 g/mol. The lowest BCUT2D eigenvalue weighted by atomic mass is 10.1. The minimum Gasteiger partial charge on any atom is -0.212 e. The van der Waals surface area contributed by atoms with Crippen LogP contribution in [-0.4, -0.2) is 31.4 Å². The molecule has 1 aromatic carbocycles. The fourth-order valence-electron chi connectivity index (χ4n) is 1.71. The van der Waals surface area contributed by atoms with E-state index in [9.17, 15) is 12.8 Å². The van der Waals surface area contributed by atoms with Crippen molar-refractivity contribution in [2.75, 3.05) is 18.7 Å². The van der Waals surface area contributed by atoms with Gasteiger partial charge in [-0.15, -0.1) is 11.6 Å². The summed E-state index contributed by atoms with van der Waals surface area (Å²) in [5.74, 6) is -0.122. The predicted molar refractivity (Wildman–Crippen MR) is 76.2 cm³/mol. The predicted octanol–water partition coefficient (Wildman–Crippen LogP) is 3.02. The van der Waals surface area contributed by atoms with Gasteiger partial charge in [0.15, 0.2) is 0 Å².